The topological polar surface area (TPSA) is 52.3 Å². The van der Waals surface area contributed by atoms with E-state index in [0.29, 0.717) is 13.0 Å². The Hall–Kier alpha value is -0.710. The molecule has 0 fully saturated rings. The predicted octanol–water partition coefficient (Wildman–Crippen LogP) is 1.35. The van der Waals surface area contributed by atoms with E-state index in [0.717, 1.165) is 22.4 Å². The minimum atomic E-state index is 0.00375. The second-order valence-corrected chi connectivity index (χ2v) is 4.55. The molecule has 0 spiro atoms. The minimum absolute atomic E-state index is 0.00375. The van der Waals surface area contributed by atoms with Crippen LogP contribution in [0, 0.1) is 0 Å². The summed E-state index contributed by atoms with van der Waals surface area (Å²) < 4.78 is 5.05. The van der Waals surface area contributed by atoms with E-state index in [1.165, 1.54) is 0 Å². The zero-order valence-corrected chi connectivity index (χ0v) is 8.89. The number of ketones is 1. The third-order valence-electron chi connectivity index (χ3n) is 2.42. The maximum Gasteiger partial charge on any atom is 0.165 e. The molecular formula is C10H13NO2S. The molecule has 0 radical (unpaired) electrons. The van der Waals surface area contributed by atoms with Gasteiger partial charge in [-0.05, 0) is 17.4 Å². The zero-order chi connectivity index (χ0) is 10.1. The number of hydrogen-bond acceptors (Lipinski definition) is 4. The second-order valence-electron chi connectivity index (χ2n) is 3.58. The average Bonchev–Trinajstić information content (AvgIpc) is 2.49. The van der Waals surface area contributed by atoms with Crippen molar-refractivity contribution in [3.8, 4) is 0 Å². The Balaban J connectivity index is 2.36. The molecule has 2 rings (SSSR count). The van der Waals surface area contributed by atoms with E-state index in [1.54, 1.807) is 18.4 Å². The summed E-state index contributed by atoms with van der Waals surface area (Å²) in [5.74, 6) is 0.173. The molecule has 1 atom stereocenters. The van der Waals surface area contributed by atoms with Crippen LogP contribution in [0.2, 0.25) is 0 Å². The van der Waals surface area contributed by atoms with Gasteiger partial charge in [0.15, 0.2) is 5.78 Å². The molecule has 3 nitrogen and oxygen atoms in total. The maximum absolute atomic E-state index is 11.7. The number of carbonyl (C=O) groups is 1. The van der Waals surface area contributed by atoms with Gasteiger partial charge in [-0.15, -0.1) is 11.3 Å². The van der Waals surface area contributed by atoms with Gasteiger partial charge in [-0.3, -0.25) is 4.79 Å². The number of Topliss-reactive ketones (excluding diaryl/α,β-unsaturated/α-hetero) is 1. The van der Waals surface area contributed by atoms with Gasteiger partial charge in [0.05, 0.1) is 6.61 Å². The van der Waals surface area contributed by atoms with Gasteiger partial charge in [0.1, 0.15) is 0 Å². The van der Waals surface area contributed by atoms with Crippen molar-refractivity contribution in [3.63, 3.8) is 0 Å². The maximum atomic E-state index is 11.7. The van der Waals surface area contributed by atoms with Crippen LogP contribution in [-0.2, 0) is 17.8 Å². The lowest BCUT2D eigenvalue weighted by Crippen LogP contribution is -2.31. The molecule has 76 valence electrons. The molecule has 14 heavy (non-hydrogen) atoms. The smallest absolute Gasteiger partial charge is 0.165 e. The summed E-state index contributed by atoms with van der Waals surface area (Å²) in [5.41, 5.74) is 7.67. The molecule has 1 heterocycles. The number of methoxy groups -OCH3 is 1. The van der Waals surface area contributed by atoms with Crippen molar-refractivity contribution < 1.29 is 9.53 Å². The van der Waals surface area contributed by atoms with Gasteiger partial charge in [-0.25, -0.2) is 0 Å². The van der Waals surface area contributed by atoms with Crippen molar-refractivity contribution >= 4 is 17.1 Å². The van der Waals surface area contributed by atoms with Gasteiger partial charge < -0.3 is 10.5 Å². The highest BCUT2D eigenvalue weighted by Crippen LogP contribution is 2.30. The predicted molar refractivity (Wildman–Crippen MR) is 55.7 cm³/mol. The van der Waals surface area contributed by atoms with Crippen LogP contribution in [0.4, 0.5) is 0 Å². The highest BCUT2D eigenvalue weighted by Gasteiger charge is 2.26. The first-order valence-corrected chi connectivity index (χ1v) is 5.47. The third-order valence-corrected chi connectivity index (χ3v) is 3.47. The Labute approximate surface area is 86.9 Å². The number of carbonyl (C=O) groups excluding carboxylic acids is 1. The standard InChI is InChI=1S/C10H13NO2S/c1-13-4-6-5-14-9-3-7(11)2-8(12)10(6)9/h5,7H,2-4,11H2,1H3. The summed E-state index contributed by atoms with van der Waals surface area (Å²) in [6, 6.07) is 0.00375. The van der Waals surface area contributed by atoms with Crippen molar-refractivity contribution in [1.82, 2.24) is 0 Å². The second kappa shape index (κ2) is 3.81. The van der Waals surface area contributed by atoms with E-state index in [1.807, 2.05) is 5.38 Å². The van der Waals surface area contributed by atoms with E-state index in [4.69, 9.17) is 10.5 Å². The van der Waals surface area contributed by atoms with Gasteiger partial charge in [-0.1, -0.05) is 0 Å². The summed E-state index contributed by atoms with van der Waals surface area (Å²) in [5, 5.41) is 2.00. The fourth-order valence-electron chi connectivity index (χ4n) is 1.84. The first kappa shape index (κ1) is 9.83. The minimum Gasteiger partial charge on any atom is -0.380 e. The summed E-state index contributed by atoms with van der Waals surface area (Å²) >= 11 is 1.62. The van der Waals surface area contributed by atoms with Crippen LogP contribution in [-0.4, -0.2) is 18.9 Å². The Bertz CT molecular complexity index is 346. The molecule has 0 saturated heterocycles. The van der Waals surface area contributed by atoms with Crippen molar-refractivity contribution in [2.75, 3.05) is 7.11 Å². The molecule has 0 aromatic carbocycles. The number of rotatable bonds is 2. The van der Waals surface area contributed by atoms with Gasteiger partial charge >= 0.3 is 0 Å². The van der Waals surface area contributed by atoms with Gasteiger partial charge in [0.25, 0.3) is 0 Å². The lowest BCUT2D eigenvalue weighted by molar-refractivity contribution is 0.0961. The molecule has 0 aliphatic heterocycles. The Morgan fingerprint density at radius 3 is 3.14 bits per heavy atom. The van der Waals surface area contributed by atoms with Crippen LogP contribution in [0.15, 0.2) is 5.38 Å². The fourth-order valence-corrected chi connectivity index (χ4v) is 2.98. The average molecular weight is 211 g/mol. The van der Waals surface area contributed by atoms with Crippen LogP contribution in [0.1, 0.15) is 27.2 Å². The Morgan fingerprint density at radius 1 is 1.64 bits per heavy atom. The van der Waals surface area contributed by atoms with E-state index in [9.17, 15) is 4.79 Å². The van der Waals surface area contributed by atoms with Crippen molar-refractivity contribution in [1.29, 1.82) is 0 Å². The summed E-state index contributed by atoms with van der Waals surface area (Å²) in [6.45, 7) is 0.521. The first-order chi connectivity index (χ1) is 6.72. The number of nitrogens with two attached hydrogens (primary N) is 1. The summed E-state index contributed by atoms with van der Waals surface area (Å²) in [7, 11) is 1.64. The van der Waals surface area contributed by atoms with Crippen LogP contribution in [0.25, 0.3) is 0 Å². The van der Waals surface area contributed by atoms with E-state index >= 15 is 0 Å². The molecule has 1 unspecified atom stereocenters. The molecular weight excluding hydrogens is 198 g/mol. The van der Waals surface area contributed by atoms with Crippen molar-refractivity contribution in [3.05, 3.63) is 21.4 Å². The lowest BCUT2D eigenvalue weighted by Gasteiger charge is -2.17. The third kappa shape index (κ3) is 1.61. The molecule has 4 heteroatoms. The number of ether oxygens (including phenoxy) is 1. The first-order valence-electron chi connectivity index (χ1n) is 4.59. The van der Waals surface area contributed by atoms with E-state index in [2.05, 4.69) is 0 Å². The fraction of sp³-hybridized carbons (Fsp3) is 0.500. The van der Waals surface area contributed by atoms with Crippen LogP contribution < -0.4 is 5.73 Å². The number of fused-ring (bicyclic) bond motifs is 1. The number of hydrogen-bond donors (Lipinski definition) is 1. The Morgan fingerprint density at radius 2 is 2.43 bits per heavy atom. The normalized spacial score (nSPS) is 21.0. The molecule has 1 aliphatic rings. The molecule has 0 bridgehead atoms. The largest absolute Gasteiger partial charge is 0.380 e. The quantitative estimate of drug-likeness (QED) is 0.803. The van der Waals surface area contributed by atoms with Gasteiger partial charge in [0, 0.05) is 30.0 Å². The molecule has 1 aromatic rings. The van der Waals surface area contributed by atoms with Crippen molar-refractivity contribution in [2.45, 2.75) is 25.5 Å². The summed E-state index contributed by atoms with van der Waals surface area (Å²) in [4.78, 5) is 12.8. The molecule has 0 amide bonds. The molecule has 1 aromatic heterocycles. The molecule has 2 N–H and O–H groups in total. The highest BCUT2D eigenvalue weighted by atomic mass is 32.1. The SMILES string of the molecule is COCc1csc2c1C(=O)CC(N)C2. The molecule has 0 saturated carbocycles. The zero-order valence-electron chi connectivity index (χ0n) is 8.08. The van der Waals surface area contributed by atoms with E-state index in [-0.39, 0.29) is 11.8 Å². The van der Waals surface area contributed by atoms with Crippen LogP contribution in [0.3, 0.4) is 0 Å². The lowest BCUT2D eigenvalue weighted by atomic mass is 9.92. The van der Waals surface area contributed by atoms with E-state index < -0.39 is 0 Å². The van der Waals surface area contributed by atoms with Crippen LogP contribution in [0.5, 0.6) is 0 Å². The monoisotopic (exact) mass is 211 g/mol. The molecule has 1 aliphatic carbocycles. The van der Waals surface area contributed by atoms with Gasteiger partial charge in [-0.2, -0.15) is 0 Å². The number of thiophene rings is 1. The Kier molecular flexibility index (Phi) is 2.67. The van der Waals surface area contributed by atoms with Gasteiger partial charge in [0.2, 0.25) is 0 Å². The highest BCUT2D eigenvalue weighted by molar-refractivity contribution is 7.10. The van der Waals surface area contributed by atoms with Crippen LogP contribution >= 0.6 is 11.3 Å². The van der Waals surface area contributed by atoms with Crippen molar-refractivity contribution in [2.24, 2.45) is 5.73 Å². The summed E-state index contributed by atoms with van der Waals surface area (Å²) in [6.07, 6.45) is 1.30.